The van der Waals surface area contributed by atoms with Crippen LogP contribution >= 0.6 is 23.8 Å². The minimum atomic E-state index is 0.612. The Balaban J connectivity index is 1.84. The molecule has 0 unspecified atom stereocenters. The van der Waals surface area contributed by atoms with E-state index in [0.717, 1.165) is 30.0 Å². The molecule has 0 aliphatic rings. The third kappa shape index (κ3) is 4.00. The Kier molecular flexibility index (Phi) is 5.36. The maximum absolute atomic E-state index is 5.99. The summed E-state index contributed by atoms with van der Waals surface area (Å²) in [7, 11) is 3.96. The molecule has 8 heteroatoms. The Morgan fingerprint density at radius 1 is 1.24 bits per heavy atom. The second kappa shape index (κ2) is 7.51. The van der Waals surface area contributed by atoms with E-state index in [-0.39, 0.29) is 0 Å². The molecule has 25 heavy (non-hydrogen) atoms. The van der Waals surface area contributed by atoms with Gasteiger partial charge in [0.15, 0.2) is 10.6 Å². The van der Waals surface area contributed by atoms with Crippen LogP contribution in [0, 0.1) is 4.77 Å². The molecule has 0 spiro atoms. The summed E-state index contributed by atoms with van der Waals surface area (Å²) < 4.78 is 6.42. The van der Waals surface area contributed by atoms with Gasteiger partial charge in [0.05, 0.1) is 12.9 Å². The van der Waals surface area contributed by atoms with Crippen LogP contribution in [-0.2, 0) is 26.8 Å². The number of aryl methyl sites for hydroxylation is 1. The molecule has 0 atom stereocenters. The fourth-order valence-electron chi connectivity index (χ4n) is 2.77. The van der Waals surface area contributed by atoms with Crippen molar-refractivity contribution in [1.82, 2.24) is 29.0 Å². The van der Waals surface area contributed by atoms with Crippen LogP contribution in [0.1, 0.15) is 12.5 Å². The molecule has 0 saturated carbocycles. The van der Waals surface area contributed by atoms with E-state index in [1.54, 1.807) is 4.68 Å². The molecule has 0 aliphatic heterocycles. The van der Waals surface area contributed by atoms with Crippen molar-refractivity contribution >= 4 is 23.8 Å². The molecule has 3 rings (SSSR count). The highest BCUT2D eigenvalue weighted by Crippen LogP contribution is 2.21. The lowest BCUT2D eigenvalue weighted by Crippen LogP contribution is -2.22. The van der Waals surface area contributed by atoms with Crippen LogP contribution in [0.15, 0.2) is 36.7 Å². The Hall–Kier alpha value is -1.96. The zero-order valence-corrected chi connectivity index (χ0v) is 16.1. The molecule has 3 aromatic rings. The minimum Gasteiger partial charge on any atom is -0.300 e. The van der Waals surface area contributed by atoms with Gasteiger partial charge in [0.25, 0.3) is 0 Å². The van der Waals surface area contributed by atoms with E-state index < -0.39 is 0 Å². The topological polar surface area (TPSA) is 43.8 Å². The zero-order valence-electron chi connectivity index (χ0n) is 14.6. The Morgan fingerprint density at radius 3 is 2.56 bits per heavy atom. The molecule has 132 valence electrons. The summed E-state index contributed by atoms with van der Waals surface area (Å²) >= 11 is 11.6. The van der Waals surface area contributed by atoms with Gasteiger partial charge in [-0.2, -0.15) is 10.2 Å². The SMILES string of the molecule is CCn1c(-c2ccc(Cl)cc2)nn(CN(C)Cc2cnn(C)c2)c1=S. The summed E-state index contributed by atoms with van der Waals surface area (Å²) in [5.41, 5.74) is 2.16. The van der Waals surface area contributed by atoms with Crippen LogP contribution in [0.4, 0.5) is 0 Å². The molecule has 0 saturated heterocycles. The fraction of sp³-hybridized carbons (Fsp3) is 0.353. The molecule has 0 aliphatic carbocycles. The fourth-order valence-corrected chi connectivity index (χ4v) is 3.21. The smallest absolute Gasteiger partial charge is 0.199 e. The molecule has 2 aromatic heterocycles. The van der Waals surface area contributed by atoms with Crippen molar-refractivity contribution in [3.63, 3.8) is 0 Å². The summed E-state index contributed by atoms with van der Waals surface area (Å²) in [6.45, 7) is 4.23. The first-order chi connectivity index (χ1) is 12.0. The van der Waals surface area contributed by atoms with E-state index in [1.165, 1.54) is 0 Å². The van der Waals surface area contributed by atoms with Crippen LogP contribution in [0.5, 0.6) is 0 Å². The Bertz CT molecular complexity index is 908. The standard InChI is InChI=1S/C17H21ClN6S/c1-4-23-16(14-5-7-15(18)8-6-14)20-24(17(23)25)12-21(2)10-13-9-19-22(3)11-13/h5-9,11H,4,10,12H2,1-3H3. The second-order valence-corrected chi connectivity index (χ2v) is 6.84. The monoisotopic (exact) mass is 376 g/mol. The average molecular weight is 377 g/mol. The average Bonchev–Trinajstić information content (AvgIpc) is 3.12. The lowest BCUT2D eigenvalue weighted by atomic mass is 10.2. The van der Waals surface area contributed by atoms with Crippen molar-refractivity contribution in [1.29, 1.82) is 0 Å². The lowest BCUT2D eigenvalue weighted by Gasteiger charge is -2.15. The number of aromatic nitrogens is 5. The third-order valence-electron chi connectivity index (χ3n) is 3.93. The third-order valence-corrected chi connectivity index (χ3v) is 4.61. The van der Waals surface area contributed by atoms with Crippen LogP contribution in [0.3, 0.4) is 0 Å². The summed E-state index contributed by atoms with van der Waals surface area (Å²) in [6.07, 6.45) is 3.89. The van der Waals surface area contributed by atoms with Gasteiger partial charge in [0, 0.05) is 42.5 Å². The number of nitrogens with zero attached hydrogens (tertiary/aromatic N) is 6. The van der Waals surface area contributed by atoms with E-state index >= 15 is 0 Å². The molecule has 0 bridgehead atoms. The van der Waals surface area contributed by atoms with E-state index in [4.69, 9.17) is 28.9 Å². The highest BCUT2D eigenvalue weighted by Gasteiger charge is 2.13. The second-order valence-electron chi connectivity index (χ2n) is 6.03. The van der Waals surface area contributed by atoms with E-state index in [0.29, 0.717) is 16.5 Å². The number of rotatable bonds is 6. The van der Waals surface area contributed by atoms with Crippen LogP contribution < -0.4 is 0 Å². The van der Waals surface area contributed by atoms with Crippen molar-refractivity contribution in [3.8, 4) is 11.4 Å². The van der Waals surface area contributed by atoms with Crippen molar-refractivity contribution in [3.05, 3.63) is 52.0 Å². The largest absolute Gasteiger partial charge is 0.300 e. The molecule has 0 N–H and O–H groups in total. The molecule has 0 radical (unpaired) electrons. The molecule has 1 aromatic carbocycles. The Morgan fingerprint density at radius 2 is 1.96 bits per heavy atom. The first-order valence-electron chi connectivity index (χ1n) is 8.07. The van der Waals surface area contributed by atoms with Crippen LogP contribution in [-0.4, -0.2) is 36.1 Å². The van der Waals surface area contributed by atoms with Crippen molar-refractivity contribution in [2.75, 3.05) is 7.05 Å². The molecule has 6 nitrogen and oxygen atoms in total. The van der Waals surface area contributed by atoms with E-state index in [2.05, 4.69) is 16.9 Å². The van der Waals surface area contributed by atoms with Crippen molar-refractivity contribution in [2.24, 2.45) is 7.05 Å². The highest BCUT2D eigenvalue weighted by atomic mass is 35.5. The Labute approximate surface area is 157 Å². The van der Waals surface area contributed by atoms with Crippen molar-refractivity contribution in [2.45, 2.75) is 26.7 Å². The zero-order chi connectivity index (χ0) is 18.0. The van der Waals surface area contributed by atoms with Crippen LogP contribution in [0.25, 0.3) is 11.4 Å². The predicted octanol–water partition coefficient (Wildman–Crippen LogP) is 3.58. The summed E-state index contributed by atoms with van der Waals surface area (Å²) in [5.74, 6) is 0.860. The molecule has 0 amide bonds. The van der Waals surface area contributed by atoms with E-state index in [9.17, 15) is 0 Å². The summed E-state index contributed by atoms with van der Waals surface area (Å²) in [4.78, 5) is 2.16. The van der Waals surface area contributed by atoms with Gasteiger partial charge < -0.3 is 4.57 Å². The quantitative estimate of drug-likeness (QED) is 0.617. The number of hydrogen-bond acceptors (Lipinski definition) is 4. The molecule has 0 fully saturated rings. The summed E-state index contributed by atoms with van der Waals surface area (Å²) in [6, 6.07) is 7.67. The van der Waals surface area contributed by atoms with Gasteiger partial charge in [-0.05, 0) is 50.5 Å². The normalized spacial score (nSPS) is 11.4. The number of halogens is 1. The van der Waals surface area contributed by atoms with Crippen molar-refractivity contribution < 1.29 is 0 Å². The predicted molar refractivity (Wildman–Crippen MR) is 102 cm³/mol. The lowest BCUT2D eigenvalue weighted by molar-refractivity contribution is 0.244. The van der Waals surface area contributed by atoms with Gasteiger partial charge in [-0.25, -0.2) is 4.68 Å². The van der Waals surface area contributed by atoms with Gasteiger partial charge in [-0.15, -0.1) is 0 Å². The summed E-state index contributed by atoms with van der Waals surface area (Å²) in [5, 5.41) is 9.65. The highest BCUT2D eigenvalue weighted by molar-refractivity contribution is 7.71. The van der Waals surface area contributed by atoms with Gasteiger partial charge in [0.1, 0.15) is 0 Å². The first kappa shape index (κ1) is 17.8. The molecular formula is C17H21ClN6S. The maximum atomic E-state index is 5.99. The molecule has 2 heterocycles. The molecular weight excluding hydrogens is 356 g/mol. The van der Waals surface area contributed by atoms with E-state index in [1.807, 2.05) is 60.0 Å². The maximum Gasteiger partial charge on any atom is 0.199 e. The first-order valence-corrected chi connectivity index (χ1v) is 8.86. The number of benzene rings is 1. The van der Waals surface area contributed by atoms with Gasteiger partial charge >= 0.3 is 0 Å². The van der Waals surface area contributed by atoms with Crippen LogP contribution in [0.2, 0.25) is 5.02 Å². The van der Waals surface area contributed by atoms with Gasteiger partial charge in [-0.1, -0.05) is 11.6 Å². The van der Waals surface area contributed by atoms with Gasteiger partial charge in [-0.3, -0.25) is 9.58 Å². The number of hydrogen-bond donors (Lipinski definition) is 0. The van der Waals surface area contributed by atoms with Gasteiger partial charge in [0.2, 0.25) is 0 Å². The minimum absolute atomic E-state index is 0.612.